The highest BCUT2D eigenvalue weighted by atomic mass is 79.9. The molecule has 0 bridgehead atoms. The number of benzene rings is 2. The summed E-state index contributed by atoms with van der Waals surface area (Å²) in [5.41, 5.74) is 2.87. The fourth-order valence-electron chi connectivity index (χ4n) is 2.48. The number of carbonyl (C=O) groups is 1. The van der Waals surface area contributed by atoms with Crippen LogP contribution in [0.1, 0.15) is 17.5 Å². The van der Waals surface area contributed by atoms with Gasteiger partial charge in [0.15, 0.2) is 5.70 Å². The van der Waals surface area contributed by atoms with Crippen LogP contribution >= 0.6 is 15.9 Å². The lowest BCUT2D eigenvalue weighted by Crippen LogP contribution is -2.17. The van der Waals surface area contributed by atoms with Crippen molar-refractivity contribution in [2.45, 2.75) is 6.42 Å². The third-order valence-corrected chi connectivity index (χ3v) is 4.38. The number of cyclic esters (lactones) is 1. The second-order valence-electron chi connectivity index (χ2n) is 5.77. The standard InChI is InChI=1S/C20H16BrN3O2/c1-24(11-3-10-22)17-8-6-14(7-9-17)12-18-20(25)26-19(23-18)15-4-2-5-16(21)13-15/h2,4-9,12-13H,3,11H2,1H3/b18-12-. The highest BCUT2D eigenvalue weighted by molar-refractivity contribution is 9.10. The van der Waals surface area contributed by atoms with Crippen molar-refractivity contribution >= 4 is 39.6 Å². The van der Waals surface area contributed by atoms with Crippen molar-refractivity contribution in [2.24, 2.45) is 4.99 Å². The molecule has 0 atom stereocenters. The van der Waals surface area contributed by atoms with E-state index in [-0.39, 0.29) is 5.70 Å². The van der Waals surface area contributed by atoms with E-state index in [2.05, 4.69) is 27.0 Å². The van der Waals surface area contributed by atoms with Crippen LogP contribution in [0.4, 0.5) is 5.69 Å². The van der Waals surface area contributed by atoms with Gasteiger partial charge in [0.25, 0.3) is 0 Å². The Bertz CT molecular complexity index is 927. The molecule has 1 aliphatic heterocycles. The number of hydrogen-bond acceptors (Lipinski definition) is 5. The summed E-state index contributed by atoms with van der Waals surface area (Å²) < 4.78 is 6.17. The Labute approximate surface area is 160 Å². The van der Waals surface area contributed by atoms with Crippen molar-refractivity contribution in [3.63, 3.8) is 0 Å². The van der Waals surface area contributed by atoms with Crippen LogP contribution in [0.25, 0.3) is 6.08 Å². The van der Waals surface area contributed by atoms with Crippen LogP contribution in [0, 0.1) is 11.3 Å². The van der Waals surface area contributed by atoms with E-state index in [1.165, 1.54) is 0 Å². The lowest BCUT2D eigenvalue weighted by molar-refractivity contribution is -0.129. The predicted molar refractivity (Wildman–Crippen MR) is 105 cm³/mol. The number of nitrogens with zero attached hydrogens (tertiary/aromatic N) is 3. The zero-order valence-electron chi connectivity index (χ0n) is 14.1. The van der Waals surface area contributed by atoms with Gasteiger partial charge in [-0.25, -0.2) is 9.79 Å². The molecule has 5 nitrogen and oxygen atoms in total. The molecule has 0 unspecified atom stereocenters. The number of halogens is 1. The Hall–Kier alpha value is -2.91. The van der Waals surface area contributed by atoms with Crippen LogP contribution in [0.5, 0.6) is 0 Å². The minimum atomic E-state index is -0.463. The number of ether oxygens (including phenoxy) is 1. The highest BCUT2D eigenvalue weighted by Gasteiger charge is 2.24. The molecular formula is C20H16BrN3O2. The summed E-state index contributed by atoms with van der Waals surface area (Å²) in [7, 11) is 1.94. The summed E-state index contributed by atoms with van der Waals surface area (Å²) in [4.78, 5) is 18.4. The van der Waals surface area contributed by atoms with E-state index in [0.717, 1.165) is 21.3 Å². The Morgan fingerprint density at radius 1 is 1.27 bits per heavy atom. The largest absolute Gasteiger partial charge is 0.402 e. The Morgan fingerprint density at radius 3 is 2.73 bits per heavy atom. The van der Waals surface area contributed by atoms with Gasteiger partial charge in [0, 0.05) is 29.3 Å². The van der Waals surface area contributed by atoms with Crippen LogP contribution in [0.2, 0.25) is 0 Å². The van der Waals surface area contributed by atoms with Gasteiger partial charge in [-0.3, -0.25) is 0 Å². The quantitative estimate of drug-likeness (QED) is 0.549. The summed E-state index contributed by atoms with van der Waals surface area (Å²) in [6.07, 6.45) is 2.17. The Morgan fingerprint density at radius 2 is 2.04 bits per heavy atom. The lowest BCUT2D eigenvalue weighted by atomic mass is 10.1. The van der Waals surface area contributed by atoms with Crippen molar-refractivity contribution in [3.8, 4) is 6.07 Å². The van der Waals surface area contributed by atoms with Gasteiger partial charge in [0.1, 0.15) is 0 Å². The van der Waals surface area contributed by atoms with E-state index >= 15 is 0 Å². The zero-order chi connectivity index (χ0) is 18.5. The molecule has 1 aliphatic rings. The van der Waals surface area contributed by atoms with E-state index in [0.29, 0.717) is 18.9 Å². The van der Waals surface area contributed by atoms with Gasteiger partial charge in [-0.2, -0.15) is 5.26 Å². The first-order valence-electron chi connectivity index (χ1n) is 8.03. The molecule has 26 heavy (non-hydrogen) atoms. The van der Waals surface area contributed by atoms with Crippen LogP contribution < -0.4 is 4.90 Å². The first-order valence-corrected chi connectivity index (χ1v) is 8.83. The average Bonchev–Trinajstić information content (AvgIpc) is 3.01. The number of esters is 1. The zero-order valence-corrected chi connectivity index (χ0v) is 15.7. The van der Waals surface area contributed by atoms with Crippen molar-refractivity contribution in [1.29, 1.82) is 5.26 Å². The topological polar surface area (TPSA) is 65.7 Å². The first kappa shape index (κ1) is 17.9. The molecule has 0 amide bonds. The molecule has 2 aromatic carbocycles. The molecule has 2 aromatic rings. The molecule has 0 saturated heterocycles. The van der Waals surface area contributed by atoms with Gasteiger partial charge >= 0.3 is 5.97 Å². The van der Waals surface area contributed by atoms with Gasteiger partial charge < -0.3 is 9.64 Å². The molecule has 3 rings (SSSR count). The van der Waals surface area contributed by atoms with Crippen LogP contribution in [0.15, 0.2) is 63.7 Å². The molecule has 0 N–H and O–H groups in total. The second kappa shape index (κ2) is 7.98. The van der Waals surface area contributed by atoms with E-state index in [4.69, 9.17) is 10.00 Å². The monoisotopic (exact) mass is 409 g/mol. The van der Waals surface area contributed by atoms with Crippen molar-refractivity contribution in [1.82, 2.24) is 0 Å². The van der Waals surface area contributed by atoms with Gasteiger partial charge in [-0.1, -0.05) is 34.1 Å². The molecule has 0 saturated carbocycles. The molecule has 0 aromatic heterocycles. The van der Waals surface area contributed by atoms with Crippen LogP contribution in [-0.4, -0.2) is 25.5 Å². The predicted octanol–water partition coefficient (Wildman–Crippen LogP) is 4.14. The van der Waals surface area contributed by atoms with Crippen LogP contribution in [-0.2, 0) is 9.53 Å². The molecule has 6 heteroatoms. The average molecular weight is 410 g/mol. The fraction of sp³-hybridized carbons (Fsp3) is 0.150. The smallest absolute Gasteiger partial charge is 0.363 e. The maximum atomic E-state index is 12.1. The molecule has 130 valence electrons. The van der Waals surface area contributed by atoms with E-state index in [9.17, 15) is 4.79 Å². The summed E-state index contributed by atoms with van der Waals surface area (Å²) in [5.74, 6) is -0.161. The normalized spacial score (nSPS) is 14.7. The maximum Gasteiger partial charge on any atom is 0.363 e. The first-order chi connectivity index (χ1) is 12.6. The number of aliphatic imine (C=N–C) groups is 1. The van der Waals surface area contributed by atoms with Gasteiger partial charge in [-0.05, 0) is 42.0 Å². The molecule has 0 fully saturated rings. The third kappa shape index (κ3) is 4.19. The van der Waals surface area contributed by atoms with E-state index in [1.807, 2.05) is 60.5 Å². The van der Waals surface area contributed by atoms with E-state index < -0.39 is 5.97 Å². The fourth-order valence-corrected chi connectivity index (χ4v) is 2.88. The van der Waals surface area contributed by atoms with Crippen LogP contribution in [0.3, 0.4) is 0 Å². The van der Waals surface area contributed by atoms with Crippen molar-refractivity contribution < 1.29 is 9.53 Å². The summed E-state index contributed by atoms with van der Waals surface area (Å²) >= 11 is 3.40. The number of carbonyl (C=O) groups excluding carboxylic acids is 1. The minimum Gasteiger partial charge on any atom is -0.402 e. The molecule has 0 radical (unpaired) electrons. The number of hydrogen-bond donors (Lipinski definition) is 0. The van der Waals surface area contributed by atoms with Crippen molar-refractivity contribution in [2.75, 3.05) is 18.5 Å². The summed E-state index contributed by atoms with van der Waals surface area (Å²) in [6.45, 7) is 0.670. The van der Waals surface area contributed by atoms with Crippen molar-refractivity contribution in [3.05, 3.63) is 69.8 Å². The van der Waals surface area contributed by atoms with Gasteiger partial charge in [-0.15, -0.1) is 0 Å². The minimum absolute atomic E-state index is 0.269. The Balaban J connectivity index is 1.79. The highest BCUT2D eigenvalue weighted by Crippen LogP contribution is 2.22. The maximum absolute atomic E-state index is 12.1. The number of anilines is 1. The Kier molecular flexibility index (Phi) is 5.49. The van der Waals surface area contributed by atoms with E-state index in [1.54, 1.807) is 6.08 Å². The number of nitriles is 1. The molecule has 0 aliphatic carbocycles. The number of rotatable bonds is 5. The van der Waals surface area contributed by atoms with Gasteiger partial charge in [0.2, 0.25) is 5.90 Å². The molecular weight excluding hydrogens is 394 g/mol. The summed E-state index contributed by atoms with van der Waals surface area (Å²) in [6, 6.07) is 17.3. The lowest BCUT2D eigenvalue weighted by Gasteiger charge is -2.17. The summed E-state index contributed by atoms with van der Waals surface area (Å²) in [5, 5.41) is 8.67. The van der Waals surface area contributed by atoms with Gasteiger partial charge in [0.05, 0.1) is 12.5 Å². The third-order valence-electron chi connectivity index (χ3n) is 3.89. The SMILES string of the molecule is CN(CCC#N)c1ccc(/C=C2\N=C(c3cccc(Br)c3)OC2=O)cc1. The molecule has 0 spiro atoms. The second-order valence-corrected chi connectivity index (χ2v) is 6.68. The molecule has 1 heterocycles.